The Balaban J connectivity index is 0.639. The summed E-state index contributed by atoms with van der Waals surface area (Å²) in [5.74, 6) is 0. The summed E-state index contributed by atoms with van der Waals surface area (Å²) in [5, 5.41) is 26.1. The molecule has 0 N–H and O–H groups in total. The smallest absolute Gasteiger partial charge is 0.144 e. The molecular formula is C109H64O2. The fraction of sp³-hybridized carbons (Fsp3) is 0.00917. The average molecular weight is 1410 g/mol. The van der Waals surface area contributed by atoms with Gasteiger partial charge in [-0.05, 0) is 241 Å². The Morgan fingerprint density at radius 1 is 0.171 bits per heavy atom. The number of rotatable bonds is 8. The summed E-state index contributed by atoms with van der Waals surface area (Å²) in [5.41, 5.74) is 24.2. The highest BCUT2D eigenvalue weighted by molar-refractivity contribution is 6.31. The lowest BCUT2D eigenvalue weighted by molar-refractivity contribution is 0.669. The fourth-order valence-corrected chi connectivity index (χ4v) is 19.9. The molecule has 24 rings (SSSR count). The van der Waals surface area contributed by atoms with E-state index in [0.717, 1.165) is 71.7 Å². The van der Waals surface area contributed by atoms with E-state index in [0.29, 0.717) is 0 Å². The van der Waals surface area contributed by atoms with E-state index in [4.69, 9.17) is 8.83 Å². The van der Waals surface area contributed by atoms with Gasteiger partial charge in [-0.2, -0.15) is 0 Å². The number of hydrogen-bond donors (Lipinski definition) is 0. The molecule has 0 atom stereocenters. The molecule has 0 saturated carbocycles. The van der Waals surface area contributed by atoms with Crippen LogP contribution < -0.4 is 0 Å². The molecule has 0 saturated heterocycles. The highest BCUT2D eigenvalue weighted by Gasteiger charge is 2.49. The van der Waals surface area contributed by atoms with Crippen LogP contribution in [0, 0.1) is 0 Å². The van der Waals surface area contributed by atoms with Gasteiger partial charge in [0.15, 0.2) is 0 Å². The van der Waals surface area contributed by atoms with Crippen LogP contribution >= 0.6 is 0 Å². The molecule has 512 valence electrons. The van der Waals surface area contributed by atoms with Crippen molar-refractivity contribution in [2.24, 2.45) is 0 Å². The highest BCUT2D eigenvalue weighted by atomic mass is 16.3. The second-order valence-corrected chi connectivity index (χ2v) is 30.2. The minimum absolute atomic E-state index is 0.688. The van der Waals surface area contributed by atoms with E-state index in [1.807, 2.05) is 0 Å². The van der Waals surface area contributed by atoms with Crippen molar-refractivity contribution in [2.45, 2.75) is 5.41 Å². The Morgan fingerprint density at radius 2 is 0.559 bits per heavy atom. The van der Waals surface area contributed by atoms with Crippen molar-refractivity contribution in [1.29, 1.82) is 0 Å². The second kappa shape index (κ2) is 23.8. The number of furan rings is 2. The minimum atomic E-state index is -0.688. The van der Waals surface area contributed by atoms with Crippen LogP contribution in [0.3, 0.4) is 0 Å². The van der Waals surface area contributed by atoms with Gasteiger partial charge in [-0.3, -0.25) is 0 Å². The van der Waals surface area contributed by atoms with Gasteiger partial charge >= 0.3 is 0 Å². The van der Waals surface area contributed by atoms with E-state index in [1.165, 1.54) is 169 Å². The lowest BCUT2D eigenvalue weighted by atomic mass is 9.67. The maximum Gasteiger partial charge on any atom is 0.144 e. The Hall–Kier alpha value is -14.4. The van der Waals surface area contributed by atoms with Crippen LogP contribution in [0.25, 0.3) is 219 Å². The molecule has 2 heteroatoms. The molecule has 0 unspecified atom stereocenters. The predicted molar refractivity (Wildman–Crippen MR) is 468 cm³/mol. The molecule has 111 heavy (non-hydrogen) atoms. The molecule has 0 aliphatic heterocycles. The van der Waals surface area contributed by atoms with Gasteiger partial charge in [-0.15, -0.1) is 0 Å². The third-order valence-corrected chi connectivity index (χ3v) is 24.6. The van der Waals surface area contributed by atoms with Gasteiger partial charge in [-0.25, -0.2) is 0 Å². The van der Waals surface area contributed by atoms with Crippen molar-refractivity contribution >= 4 is 141 Å². The van der Waals surface area contributed by atoms with Gasteiger partial charge in [0.25, 0.3) is 0 Å². The quantitative estimate of drug-likeness (QED) is 0.112. The summed E-state index contributed by atoms with van der Waals surface area (Å²) in [6.45, 7) is 0. The highest BCUT2D eigenvalue weighted by Crippen LogP contribution is 2.63. The maximum atomic E-state index is 7.44. The lowest BCUT2D eigenvalue weighted by Gasteiger charge is -2.34. The van der Waals surface area contributed by atoms with E-state index in [-0.39, 0.29) is 0 Å². The maximum absolute atomic E-state index is 7.44. The summed E-state index contributed by atoms with van der Waals surface area (Å²) < 4.78 is 14.6. The lowest BCUT2D eigenvalue weighted by Crippen LogP contribution is -2.28. The van der Waals surface area contributed by atoms with Crippen LogP contribution in [0.5, 0.6) is 0 Å². The van der Waals surface area contributed by atoms with Crippen molar-refractivity contribution in [3.05, 3.63) is 411 Å². The first-order valence-corrected chi connectivity index (χ1v) is 38.5. The molecule has 0 amide bonds. The largest absolute Gasteiger partial charge is 0.455 e. The zero-order chi connectivity index (χ0) is 72.6. The summed E-state index contributed by atoms with van der Waals surface area (Å²) in [6, 6.07) is 145. The molecule has 0 fully saturated rings. The molecular weight excluding hydrogens is 1340 g/mol. The number of fused-ring (bicyclic) bond motifs is 21. The monoisotopic (exact) mass is 1400 g/mol. The number of hydrogen-bond acceptors (Lipinski definition) is 2. The molecule has 21 aromatic carbocycles. The van der Waals surface area contributed by atoms with Gasteiger partial charge in [0.1, 0.15) is 22.3 Å². The normalized spacial score (nSPS) is 12.8. The first-order valence-electron chi connectivity index (χ1n) is 38.5. The molecule has 1 aliphatic rings. The van der Waals surface area contributed by atoms with Gasteiger partial charge in [0.05, 0.1) is 5.41 Å². The van der Waals surface area contributed by atoms with Crippen LogP contribution in [0.1, 0.15) is 22.3 Å². The summed E-state index contributed by atoms with van der Waals surface area (Å²) >= 11 is 0. The van der Waals surface area contributed by atoms with Crippen molar-refractivity contribution in [2.75, 3.05) is 0 Å². The van der Waals surface area contributed by atoms with Crippen LogP contribution in [-0.2, 0) is 5.41 Å². The van der Waals surface area contributed by atoms with E-state index in [9.17, 15) is 0 Å². The summed E-state index contributed by atoms with van der Waals surface area (Å²) in [4.78, 5) is 0. The standard InChI is InChI=1S/C109H64O2/c1-3-28-75(29-4-1)109(76-30-5-2-6-31-76)95-58-55-66-26-9-10-32-77(66)105(95)106-96(109)64-94(104-90-44-22-24-46-98(90)111-108(104)106)102-86-41-19-15-37-82(86)100(83-38-16-20-42-87(83)102)74-54-51-68-59-69(48-49-70(68)61-74)71-50-52-72-63-93(79-34-12-11-33-78(79)92(72)62-71)88-56-57-91(103-89-43-21-23-45-97(89)110-107(88)103)101-84-39-17-13-35-80(84)99(81-36-14-18-40-85(81)101)73-53-47-65-25-7-8-27-67(65)60-73/h1-64H. The van der Waals surface area contributed by atoms with Gasteiger partial charge in [0.2, 0.25) is 0 Å². The first-order chi connectivity index (χ1) is 55.1. The molecule has 0 bridgehead atoms. The third kappa shape index (κ3) is 8.90. The summed E-state index contributed by atoms with van der Waals surface area (Å²) in [6.07, 6.45) is 0. The SMILES string of the molecule is c1ccc(C2(c3ccccc3)c3ccc4ccccc4c3-c3c2cc(-c2c4ccccc4c(-c4ccc5cc(-c6ccc7cc(-c8ccc(-c9c%10ccccc%10c(-c%10ccc%11ccccc%11c%10)c%10ccccc9%10)c9c8oc8ccccc89)c8ccccc8c7c6)ccc5c4)c4ccccc24)c2c3oc3ccccc32)cc1. The zero-order valence-electron chi connectivity index (χ0n) is 60.3. The minimum Gasteiger partial charge on any atom is -0.455 e. The van der Waals surface area contributed by atoms with Crippen molar-refractivity contribution in [3.8, 4) is 77.9 Å². The Morgan fingerprint density at radius 3 is 1.14 bits per heavy atom. The summed E-state index contributed by atoms with van der Waals surface area (Å²) in [7, 11) is 0. The van der Waals surface area contributed by atoms with Crippen LogP contribution in [0.4, 0.5) is 0 Å². The fourth-order valence-electron chi connectivity index (χ4n) is 19.9. The molecule has 1 aliphatic carbocycles. The Kier molecular flexibility index (Phi) is 13.2. The van der Waals surface area contributed by atoms with E-state index < -0.39 is 5.41 Å². The molecule has 2 nitrogen and oxygen atoms in total. The van der Waals surface area contributed by atoms with E-state index in [2.05, 4.69) is 388 Å². The average Bonchev–Trinajstić information content (AvgIpc) is 1.53. The van der Waals surface area contributed by atoms with Crippen molar-refractivity contribution in [3.63, 3.8) is 0 Å². The van der Waals surface area contributed by atoms with Gasteiger partial charge < -0.3 is 8.83 Å². The van der Waals surface area contributed by atoms with Crippen molar-refractivity contribution < 1.29 is 8.83 Å². The van der Waals surface area contributed by atoms with Gasteiger partial charge in [-0.1, -0.05) is 334 Å². The molecule has 2 aromatic heterocycles. The van der Waals surface area contributed by atoms with E-state index in [1.54, 1.807) is 0 Å². The molecule has 23 aromatic rings. The molecule has 2 heterocycles. The topological polar surface area (TPSA) is 26.3 Å². The predicted octanol–water partition coefficient (Wildman–Crippen LogP) is 30.2. The van der Waals surface area contributed by atoms with Crippen molar-refractivity contribution in [1.82, 2.24) is 0 Å². The molecule has 0 spiro atoms. The first kappa shape index (κ1) is 61.7. The molecule has 0 radical (unpaired) electrons. The van der Waals surface area contributed by atoms with Crippen LogP contribution in [-0.4, -0.2) is 0 Å². The van der Waals surface area contributed by atoms with E-state index >= 15 is 0 Å². The second-order valence-electron chi connectivity index (χ2n) is 30.2. The Labute approximate surface area is 639 Å². The number of benzene rings is 21. The van der Waals surface area contributed by atoms with Crippen LogP contribution in [0.15, 0.2) is 397 Å². The number of para-hydroxylation sites is 2. The third-order valence-electron chi connectivity index (χ3n) is 24.6. The van der Waals surface area contributed by atoms with Gasteiger partial charge in [0, 0.05) is 32.7 Å². The zero-order valence-corrected chi connectivity index (χ0v) is 60.3. The Bertz CT molecular complexity index is 7790. The van der Waals surface area contributed by atoms with Crippen LogP contribution in [0.2, 0.25) is 0 Å².